The molecule has 5 nitrogen and oxygen atoms in total. The van der Waals surface area contributed by atoms with Gasteiger partial charge in [0.05, 0.1) is 13.2 Å². The summed E-state index contributed by atoms with van der Waals surface area (Å²) in [4.78, 5) is 17.2. The summed E-state index contributed by atoms with van der Waals surface area (Å²) in [5.41, 5.74) is 0. The lowest BCUT2D eigenvalue weighted by Gasteiger charge is -2.33. The van der Waals surface area contributed by atoms with Crippen molar-refractivity contribution >= 4 is 6.03 Å². The summed E-state index contributed by atoms with van der Waals surface area (Å²) >= 11 is 0. The molecule has 2 amide bonds. The first kappa shape index (κ1) is 17.0. The zero-order chi connectivity index (χ0) is 16.1. The van der Waals surface area contributed by atoms with E-state index in [0.29, 0.717) is 12.1 Å². The van der Waals surface area contributed by atoms with Crippen molar-refractivity contribution in [1.82, 2.24) is 15.1 Å². The highest BCUT2D eigenvalue weighted by atomic mass is 16.5. The fourth-order valence-corrected chi connectivity index (χ4v) is 4.63. The molecular formula is C18H33N3O2. The highest BCUT2D eigenvalue weighted by Crippen LogP contribution is 2.39. The van der Waals surface area contributed by atoms with Crippen LogP contribution in [0, 0.1) is 5.92 Å². The molecule has 5 heteroatoms. The van der Waals surface area contributed by atoms with Crippen LogP contribution in [0.5, 0.6) is 0 Å². The number of carbonyl (C=O) groups excluding carboxylic acids is 1. The third-order valence-corrected chi connectivity index (χ3v) is 5.86. The van der Waals surface area contributed by atoms with E-state index in [9.17, 15) is 4.79 Å². The van der Waals surface area contributed by atoms with Gasteiger partial charge in [0.25, 0.3) is 0 Å². The van der Waals surface area contributed by atoms with Crippen molar-refractivity contribution in [2.24, 2.45) is 5.92 Å². The second-order valence-corrected chi connectivity index (χ2v) is 7.50. The Morgan fingerprint density at radius 3 is 2.78 bits per heavy atom. The number of rotatable bonds is 5. The number of nitrogens with one attached hydrogen (secondary N) is 1. The predicted octanol–water partition coefficient (Wildman–Crippen LogP) is 2.46. The minimum absolute atomic E-state index is 0.179. The van der Waals surface area contributed by atoms with Crippen LogP contribution in [0.15, 0.2) is 0 Å². The van der Waals surface area contributed by atoms with E-state index in [1.54, 1.807) is 0 Å². The summed E-state index contributed by atoms with van der Waals surface area (Å²) in [5.74, 6) is 0.755. The number of unbranched alkanes of at least 4 members (excludes halogenated alkanes) is 1. The Morgan fingerprint density at radius 1 is 1.17 bits per heavy atom. The van der Waals surface area contributed by atoms with Crippen molar-refractivity contribution in [3.63, 3.8) is 0 Å². The van der Waals surface area contributed by atoms with Crippen molar-refractivity contribution in [3.05, 3.63) is 0 Å². The second kappa shape index (κ2) is 8.34. The molecule has 1 N–H and O–H groups in total. The highest BCUT2D eigenvalue weighted by molar-refractivity contribution is 5.75. The third-order valence-electron chi connectivity index (χ3n) is 5.86. The van der Waals surface area contributed by atoms with Crippen LogP contribution in [0.4, 0.5) is 4.79 Å². The van der Waals surface area contributed by atoms with Crippen molar-refractivity contribution in [2.75, 3.05) is 39.4 Å². The van der Waals surface area contributed by atoms with Gasteiger partial charge in [0.2, 0.25) is 0 Å². The SMILES string of the molecule is C[C@@H]1C[C@@H]2CCCC[C@@H]2N1C(=O)NCCCCN1CCOCC1. The minimum atomic E-state index is 0.179. The van der Waals surface area contributed by atoms with Crippen LogP contribution >= 0.6 is 0 Å². The van der Waals surface area contributed by atoms with Crippen LogP contribution in [0.2, 0.25) is 0 Å². The van der Waals surface area contributed by atoms with Gasteiger partial charge in [0.1, 0.15) is 0 Å². The van der Waals surface area contributed by atoms with Crippen LogP contribution in [0.3, 0.4) is 0 Å². The Bertz CT molecular complexity index is 384. The summed E-state index contributed by atoms with van der Waals surface area (Å²) in [5, 5.41) is 3.17. The number of carbonyl (C=O) groups is 1. The molecule has 1 saturated carbocycles. The van der Waals surface area contributed by atoms with Crippen molar-refractivity contribution < 1.29 is 9.53 Å². The van der Waals surface area contributed by atoms with Gasteiger partial charge in [-0.05, 0) is 51.5 Å². The second-order valence-electron chi connectivity index (χ2n) is 7.50. The Hall–Kier alpha value is -0.810. The highest BCUT2D eigenvalue weighted by Gasteiger charge is 2.42. The molecule has 0 aromatic heterocycles. The normalized spacial score (nSPS) is 31.9. The molecule has 3 fully saturated rings. The predicted molar refractivity (Wildman–Crippen MR) is 91.6 cm³/mol. The number of morpholine rings is 1. The average molecular weight is 323 g/mol. The van der Waals surface area contributed by atoms with Crippen LogP contribution in [-0.2, 0) is 4.74 Å². The van der Waals surface area contributed by atoms with E-state index in [-0.39, 0.29) is 6.03 Å². The van der Waals surface area contributed by atoms with Crippen LogP contribution in [0.1, 0.15) is 51.9 Å². The monoisotopic (exact) mass is 323 g/mol. The van der Waals surface area contributed by atoms with E-state index in [1.165, 1.54) is 32.1 Å². The van der Waals surface area contributed by atoms with Gasteiger partial charge in [0, 0.05) is 31.7 Å². The smallest absolute Gasteiger partial charge is 0.317 e. The quantitative estimate of drug-likeness (QED) is 0.791. The standard InChI is InChI=1S/C18H33N3O2/c1-15-14-16-6-2-3-7-17(16)21(15)18(22)19-8-4-5-9-20-10-12-23-13-11-20/h15-17H,2-14H2,1H3,(H,19,22)/t15-,16+,17+/m1/s1. The molecule has 2 saturated heterocycles. The minimum Gasteiger partial charge on any atom is -0.379 e. The van der Waals surface area contributed by atoms with Crippen LogP contribution < -0.4 is 5.32 Å². The largest absolute Gasteiger partial charge is 0.379 e. The summed E-state index contributed by atoms with van der Waals surface area (Å²) in [6, 6.07) is 1.10. The summed E-state index contributed by atoms with van der Waals surface area (Å²) in [6.07, 6.45) is 8.59. The van der Waals surface area contributed by atoms with Crippen LogP contribution in [-0.4, -0.2) is 67.3 Å². The molecule has 0 aromatic rings. The lowest BCUT2D eigenvalue weighted by Crippen LogP contribution is -2.48. The van der Waals surface area contributed by atoms with Crippen molar-refractivity contribution in [3.8, 4) is 0 Å². The van der Waals surface area contributed by atoms with Gasteiger partial charge in [-0.15, -0.1) is 0 Å². The topological polar surface area (TPSA) is 44.8 Å². The van der Waals surface area contributed by atoms with E-state index < -0.39 is 0 Å². The number of fused-ring (bicyclic) bond motifs is 1. The molecule has 0 aromatic carbocycles. The van der Waals surface area contributed by atoms with Crippen molar-refractivity contribution in [1.29, 1.82) is 0 Å². The zero-order valence-corrected chi connectivity index (χ0v) is 14.6. The summed E-state index contributed by atoms with van der Waals surface area (Å²) < 4.78 is 5.36. The number of nitrogens with zero attached hydrogens (tertiary/aromatic N) is 2. The first-order chi connectivity index (χ1) is 11.3. The number of amides is 2. The van der Waals surface area contributed by atoms with Gasteiger partial charge in [-0.3, -0.25) is 4.90 Å². The van der Waals surface area contributed by atoms with E-state index in [0.717, 1.165) is 58.2 Å². The first-order valence-electron chi connectivity index (χ1n) is 9.62. The maximum Gasteiger partial charge on any atom is 0.317 e. The molecule has 2 aliphatic heterocycles. The van der Waals surface area contributed by atoms with Gasteiger partial charge in [-0.1, -0.05) is 12.8 Å². The van der Waals surface area contributed by atoms with Gasteiger partial charge in [0.15, 0.2) is 0 Å². The Labute approximate surface area is 140 Å². The van der Waals surface area contributed by atoms with E-state index >= 15 is 0 Å². The molecule has 0 unspecified atom stereocenters. The maximum absolute atomic E-state index is 12.6. The Morgan fingerprint density at radius 2 is 1.96 bits per heavy atom. The molecule has 1 aliphatic carbocycles. The molecule has 0 radical (unpaired) electrons. The Kier molecular flexibility index (Phi) is 6.17. The van der Waals surface area contributed by atoms with Gasteiger partial charge in [-0.2, -0.15) is 0 Å². The van der Waals surface area contributed by atoms with Gasteiger partial charge >= 0.3 is 6.03 Å². The maximum atomic E-state index is 12.6. The summed E-state index contributed by atoms with van der Waals surface area (Å²) in [6.45, 7) is 8.00. The fraction of sp³-hybridized carbons (Fsp3) is 0.944. The number of likely N-dealkylation sites (tertiary alicyclic amines) is 1. The summed E-state index contributed by atoms with van der Waals surface area (Å²) in [7, 11) is 0. The van der Waals surface area contributed by atoms with Crippen LogP contribution in [0.25, 0.3) is 0 Å². The molecule has 0 spiro atoms. The molecule has 3 aliphatic rings. The number of ether oxygens (including phenoxy) is 1. The molecule has 2 heterocycles. The first-order valence-corrected chi connectivity index (χ1v) is 9.62. The molecular weight excluding hydrogens is 290 g/mol. The van der Waals surface area contributed by atoms with E-state index in [2.05, 4.69) is 22.0 Å². The van der Waals surface area contributed by atoms with Crippen molar-refractivity contribution in [2.45, 2.75) is 64.0 Å². The average Bonchev–Trinajstić information content (AvgIpc) is 2.91. The zero-order valence-electron chi connectivity index (χ0n) is 14.6. The molecule has 0 bridgehead atoms. The lowest BCUT2D eigenvalue weighted by molar-refractivity contribution is 0.0372. The van der Waals surface area contributed by atoms with E-state index in [4.69, 9.17) is 4.74 Å². The fourth-order valence-electron chi connectivity index (χ4n) is 4.63. The number of hydrogen-bond acceptors (Lipinski definition) is 3. The third kappa shape index (κ3) is 4.38. The molecule has 132 valence electrons. The molecule has 3 atom stereocenters. The number of hydrogen-bond donors (Lipinski definition) is 1. The molecule has 3 rings (SSSR count). The Balaban J connectivity index is 1.34. The van der Waals surface area contributed by atoms with Gasteiger partial charge < -0.3 is 15.0 Å². The van der Waals surface area contributed by atoms with Gasteiger partial charge in [-0.25, -0.2) is 4.79 Å². The molecule has 23 heavy (non-hydrogen) atoms. The lowest BCUT2D eigenvalue weighted by atomic mass is 9.85. The number of urea groups is 1. The van der Waals surface area contributed by atoms with E-state index in [1.807, 2.05) is 0 Å².